The highest BCUT2D eigenvalue weighted by Crippen LogP contribution is 2.15. The topological polar surface area (TPSA) is 45.9 Å². The van der Waals surface area contributed by atoms with Gasteiger partial charge >= 0.3 is 0 Å². The second-order valence-electron chi connectivity index (χ2n) is 3.12. The van der Waals surface area contributed by atoms with Crippen LogP contribution in [0.15, 0.2) is 12.3 Å². The summed E-state index contributed by atoms with van der Waals surface area (Å²) in [6.45, 7) is 5.77. The Hall–Kier alpha value is -1.56. The molecule has 0 saturated carbocycles. The van der Waals surface area contributed by atoms with E-state index in [2.05, 4.69) is 4.98 Å². The molecular weight excluding hydrogens is 164 g/mol. The predicted octanol–water partition coefficient (Wildman–Crippen LogP) is 2.05. The van der Waals surface area contributed by atoms with Gasteiger partial charge in [0.15, 0.2) is 0 Å². The van der Waals surface area contributed by atoms with Crippen LogP contribution in [0.3, 0.4) is 0 Å². The lowest BCUT2D eigenvalue weighted by molar-refractivity contribution is 0.231. The first-order valence-corrected chi connectivity index (χ1v) is 4.17. The van der Waals surface area contributed by atoms with Crippen molar-refractivity contribution in [3.05, 3.63) is 23.4 Å². The van der Waals surface area contributed by atoms with E-state index in [9.17, 15) is 0 Å². The monoisotopic (exact) mass is 176 g/mol. The van der Waals surface area contributed by atoms with Gasteiger partial charge in [0, 0.05) is 11.8 Å². The molecule has 0 atom stereocenters. The molecule has 68 valence electrons. The van der Waals surface area contributed by atoms with E-state index in [1.54, 1.807) is 6.07 Å². The Kier molecular flexibility index (Phi) is 2.86. The van der Waals surface area contributed by atoms with Crippen LogP contribution in [0.5, 0.6) is 5.88 Å². The number of pyridine rings is 1. The number of ether oxygens (including phenoxy) is 1. The number of aryl methyl sites for hydroxylation is 1. The summed E-state index contributed by atoms with van der Waals surface area (Å²) in [6, 6.07) is 3.80. The molecule has 0 aromatic carbocycles. The van der Waals surface area contributed by atoms with Crippen molar-refractivity contribution >= 4 is 0 Å². The molecule has 0 fully saturated rings. The fourth-order valence-corrected chi connectivity index (χ4v) is 0.970. The molecule has 0 bridgehead atoms. The molecule has 0 radical (unpaired) electrons. The van der Waals surface area contributed by atoms with Gasteiger partial charge in [0.05, 0.1) is 11.7 Å². The maximum absolute atomic E-state index is 8.60. The van der Waals surface area contributed by atoms with Crippen LogP contribution < -0.4 is 4.74 Å². The number of hydrogen-bond acceptors (Lipinski definition) is 3. The van der Waals surface area contributed by atoms with Gasteiger partial charge in [-0.1, -0.05) is 0 Å². The first-order chi connectivity index (χ1) is 6.13. The molecule has 1 aromatic rings. The molecule has 3 heteroatoms. The molecule has 1 heterocycles. The smallest absolute Gasteiger partial charge is 0.216 e. The highest BCUT2D eigenvalue weighted by atomic mass is 16.5. The molecular formula is C10H12N2O. The maximum Gasteiger partial charge on any atom is 0.216 e. The van der Waals surface area contributed by atoms with Crippen molar-refractivity contribution in [1.82, 2.24) is 4.98 Å². The van der Waals surface area contributed by atoms with E-state index >= 15 is 0 Å². The average Bonchev–Trinajstić information content (AvgIpc) is 2.08. The Balaban J connectivity index is 2.93. The molecule has 0 aliphatic rings. The van der Waals surface area contributed by atoms with Gasteiger partial charge in [-0.25, -0.2) is 4.98 Å². The quantitative estimate of drug-likeness (QED) is 0.692. The second-order valence-corrected chi connectivity index (χ2v) is 3.12. The van der Waals surface area contributed by atoms with Crippen molar-refractivity contribution in [2.24, 2.45) is 0 Å². The van der Waals surface area contributed by atoms with E-state index in [1.165, 1.54) is 6.20 Å². The number of nitrogens with zero attached hydrogens (tertiary/aromatic N) is 2. The standard InChI is InChI=1S/C10H12N2O/c1-7(2)13-10-8(3)4-9(5-11)6-12-10/h4,6-7H,1-3H3. The zero-order chi connectivity index (χ0) is 9.84. The van der Waals surface area contributed by atoms with Crippen molar-refractivity contribution in [3.8, 4) is 11.9 Å². The lowest BCUT2D eigenvalue weighted by Crippen LogP contribution is -2.08. The first kappa shape index (κ1) is 9.53. The summed E-state index contributed by atoms with van der Waals surface area (Å²) in [7, 11) is 0. The van der Waals surface area contributed by atoms with Crippen LogP contribution >= 0.6 is 0 Å². The van der Waals surface area contributed by atoms with Crippen molar-refractivity contribution in [2.75, 3.05) is 0 Å². The van der Waals surface area contributed by atoms with Gasteiger partial charge in [0.25, 0.3) is 0 Å². The molecule has 3 nitrogen and oxygen atoms in total. The van der Waals surface area contributed by atoms with Gasteiger partial charge in [0.2, 0.25) is 5.88 Å². The summed E-state index contributed by atoms with van der Waals surface area (Å²) in [4.78, 5) is 4.04. The van der Waals surface area contributed by atoms with Crippen molar-refractivity contribution in [3.63, 3.8) is 0 Å². The van der Waals surface area contributed by atoms with Crippen LogP contribution in [-0.4, -0.2) is 11.1 Å². The molecule has 1 rings (SSSR count). The van der Waals surface area contributed by atoms with E-state index in [0.29, 0.717) is 11.4 Å². The van der Waals surface area contributed by atoms with Gasteiger partial charge in [-0.15, -0.1) is 0 Å². The van der Waals surface area contributed by atoms with Crippen LogP contribution in [0.25, 0.3) is 0 Å². The van der Waals surface area contributed by atoms with Gasteiger partial charge in [-0.2, -0.15) is 5.26 Å². The fraction of sp³-hybridized carbons (Fsp3) is 0.400. The van der Waals surface area contributed by atoms with E-state index < -0.39 is 0 Å². The molecule has 0 saturated heterocycles. The maximum atomic E-state index is 8.60. The number of nitriles is 1. The van der Waals surface area contributed by atoms with Gasteiger partial charge in [0.1, 0.15) is 6.07 Å². The zero-order valence-corrected chi connectivity index (χ0v) is 8.03. The van der Waals surface area contributed by atoms with Crippen LogP contribution in [0.1, 0.15) is 25.0 Å². The van der Waals surface area contributed by atoms with Crippen molar-refractivity contribution in [2.45, 2.75) is 26.9 Å². The van der Waals surface area contributed by atoms with Gasteiger partial charge in [-0.3, -0.25) is 0 Å². The Bertz CT molecular complexity index is 339. The highest BCUT2D eigenvalue weighted by molar-refractivity contribution is 5.35. The number of aromatic nitrogens is 1. The van der Waals surface area contributed by atoms with Crippen molar-refractivity contribution in [1.29, 1.82) is 5.26 Å². The Morgan fingerprint density at radius 1 is 1.54 bits per heavy atom. The van der Waals surface area contributed by atoms with E-state index in [0.717, 1.165) is 5.56 Å². The lowest BCUT2D eigenvalue weighted by Gasteiger charge is -2.10. The summed E-state index contributed by atoms with van der Waals surface area (Å²) in [5, 5.41) is 8.60. The average molecular weight is 176 g/mol. The molecule has 13 heavy (non-hydrogen) atoms. The third kappa shape index (κ3) is 2.45. The van der Waals surface area contributed by atoms with Gasteiger partial charge in [-0.05, 0) is 26.8 Å². The zero-order valence-electron chi connectivity index (χ0n) is 8.03. The molecule has 0 N–H and O–H groups in total. The second kappa shape index (κ2) is 3.90. The summed E-state index contributed by atoms with van der Waals surface area (Å²) < 4.78 is 5.42. The third-order valence-corrected chi connectivity index (χ3v) is 1.51. The molecule has 1 aromatic heterocycles. The Labute approximate surface area is 78.0 Å². The van der Waals surface area contributed by atoms with Crippen molar-refractivity contribution < 1.29 is 4.74 Å². The van der Waals surface area contributed by atoms with Crippen LogP contribution in [0, 0.1) is 18.3 Å². The lowest BCUT2D eigenvalue weighted by atomic mass is 10.2. The summed E-state index contributed by atoms with van der Waals surface area (Å²) in [5.41, 5.74) is 1.46. The SMILES string of the molecule is Cc1cc(C#N)cnc1OC(C)C. The third-order valence-electron chi connectivity index (χ3n) is 1.51. The van der Waals surface area contributed by atoms with Crippen LogP contribution in [-0.2, 0) is 0 Å². The Morgan fingerprint density at radius 3 is 2.69 bits per heavy atom. The summed E-state index contributed by atoms with van der Waals surface area (Å²) in [6.07, 6.45) is 1.63. The number of rotatable bonds is 2. The van der Waals surface area contributed by atoms with Crippen LogP contribution in [0.4, 0.5) is 0 Å². The van der Waals surface area contributed by atoms with E-state index in [4.69, 9.17) is 10.00 Å². The minimum absolute atomic E-state index is 0.110. The fourth-order valence-electron chi connectivity index (χ4n) is 0.970. The Morgan fingerprint density at radius 2 is 2.23 bits per heavy atom. The molecule has 0 aliphatic heterocycles. The minimum Gasteiger partial charge on any atom is -0.475 e. The molecule has 0 unspecified atom stereocenters. The minimum atomic E-state index is 0.110. The molecule has 0 aliphatic carbocycles. The number of hydrogen-bond donors (Lipinski definition) is 0. The largest absolute Gasteiger partial charge is 0.475 e. The molecule has 0 spiro atoms. The summed E-state index contributed by atoms with van der Waals surface area (Å²) in [5.74, 6) is 0.606. The summed E-state index contributed by atoms with van der Waals surface area (Å²) >= 11 is 0. The van der Waals surface area contributed by atoms with E-state index in [-0.39, 0.29) is 6.10 Å². The predicted molar refractivity (Wildman–Crippen MR) is 49.5 cm³/mol. The highest BCUT2D eigenvalue weighted by Gasteiger charge is 2.03. The van der Waals surface area contributed by atoms with Gasteiger partial charge < -0.3 is 4.74 Å². The first-order valence-electron chi connectivity index (χ1n) is 4.17. The van der Waals surface area contributed by atoms with E-state index in [1.807, 2.05) is 26.8 Å². The van der Waals surface area contributed by atoms with Crippen LogP contribution in [0.2, 0.25) is 0 Å². The molecule has 0 amide bonds. The normalized spacial score (nSPS) is 9.77.